The Kier molecular flexibility index (Phi) is 6.81. The molecule has 1 aliphatic carbocycles. The van der Waals surface area contributed by atoms with Crippen LogP contribution in [0, 0.1) is 0 Å². The number of nitrogens with one attached hydrogen (secondary N) is 2. The van der Waals surface area contributed by atoms with Gasteiger partial charge in [-0.25, -0.2) is 4.98 Å². The second-order valence-electron chi connectivity index (χ2n) is 8.35. The van der Waals surface area contributed by atoms with Gasteiger partial charge in [0.25, 0.3) is 5.91 Å². The second-order valence-corrected chi connectivity index (χ2v) is 8.35. The number of methoxy groups -OCH3 is 1. The molecule has 33 heavy (non-hydrogen) atoms. The third kappa shape index (κ3) is 4.50. The Bertz CT molecular complexity index is 1020. The van der Waals surface area contributed by atoms with Crippen molar-refractivity contribution in [3.05, 3.63) is 30.0 Å². The van der Waals surface area contributed by atoms with Crippen molar-refractivity contribution < 1.29 is 9.53 Å². The van der Waals surface area contributed by atoms with Gasteiger partial charge in [-0.3, -0.25) is 4.79 Å². The van der Waals surface area contributed by atoms with E-state index in [1.807, 2.05) is 11.1 Å². The van der Waals surface area contributed by atoms with E-state index >= 15 is 0 Å². The maximum absolute atomic E-state index is 12.0. The summed E-state index contributed by atoms with van der Waals surface area (Å²) in [6, 6.07) is 6.00. The van der Waals surface area contributed by atoms with Gasteiger partial charge < -0.3 is 31.0 Å². The van der Waals surface area contributed by atoms with Gasteiger partial charge in [-0.05, 0) is 37.5 Å². The summed E-state index contributed by atoms with van der Waals surface area (Å²) >= 11 is 0. The average Bonchev–Trinajstić information content (AvgIpc) is 3.38. The summed E-state index contributed by atoms with van der Waals surface area (Å²) < 4.78 is 5.50. The first-order valence-electron chi connectivity index (χ1n) is 11.4. The van der Waals surface area contributed by atoms with Crippen LogP contribution >= 0.6 is 0 Å². The van der Waals surface area contributed by atoms with Crippen LogP contribution in [0.25, 0.3) is 0 Å². The minimum atomic E-state index is -0.177. The maximum atomic E-state index is 12.0. The summed E-state index contributed by atoms with van der Waals surface area (Å²) in [7, 11) is 3.17. The first kappa shape index (κ1) is 22.6. The number of nitrogens with two attached hydrogens (primary N) is 1. The summed E-state index contributed by atoms with van der Waals surface area (Å²) in [5.41, 5.74) is 2.09. The van der Waals surface area contributed by atoms with Gasteiger partial charge in [-0.2, -0.15) is 10.1 Å². The Morgan fingerprint density at radius 3 is 2.82 bits per heavy atom. The first-order chi connectivity index (χ1) is 16.1. The van der Waals surface area contributed by atoms with E-state index in [2.05, 4.69) is 32.5 Å². The lowest BCUT2D eigenvalue weighted by molar-refractivity contribution is 0.0963. The standard InChI is InChI=1S/C23H32N8O2/c1-4-16-13-30(14-27-24)19-12-26-23(29-21(19)31(16)17-7-5-6-8-17)28-18-10-9-15(22(32)25-2)11-20(18)33-3/h9-12,14,16-17H,4-8,13,24H2,1-3H3,(H,25,32)(H,26,28,29)/b27-14-. The number of nitrogens with zero attached hydrogens (tertiary/aromatic N) is 5. The number of hydrazone groups is 1. The molecule has 1 amide bonds. The Hall–Kier alpha value is -3.56. The van der Waals surface area contributed by atoms with E-state index in [1.165, 1.54) is 25.7 Å². The maximum Gasteiger partial charge on any atom is 0.251 e. The van der Waals surface area contributed by atoms with Gasteiger partial charge >= 0.3 is 0 Å². The molecule has 0 saturated heterocycles. The lowest BCUT2D eigenvalue weighted by atomic mass is 10.0. The summed E-state index contributed by atoms with van der Waals surface area (Å²) in [5.74, 6) is 7.19. The van der Waals surface area contributed by atoms with E-state index in [0.29, 0.717) is 35.0 Å². The molecule has 4 rings (SSSR count). The number of benzene rings is 1. The van der Waals surface area contributed by atoms with Crippen molar-refractivity contribution in [1.82, 2.24) is 15.3 Å². The lowest BCUT2D eigenvalue weighted by Crippen LogP contribution is -2.52. The van der Waals surface area contributed by atoms with Crippen LogP contribution < -0.4 is 31.0 Å². The van der Waals surface area contributed by atoms with Crippen LogP contribution in [0.2, 0.25) is 0 Å². The van der Waals surface area contributed by atoms with Crippen molar-refractivity contribution in [1.29, 1.82) is 0 Å². The fourth-order valence-corrected chi connectivity index (χ4v) is 4.78. The first-order valence-corrected chi connectivity index (χ1v) is 11.4. The van der Waals surface area contributed by atoms with Crippen LogP contribution in [-0.2, 0) is 0 Å². The molecule has 2 aliphatic rings. The Morgan fingerprint density at radius 1 is 1.36 bits per heavy atom. The number of carbonyl (C=O) groups excluding carboxylic acids is 1. The number of hydrogen-bond acceptors (Lipinski definition) is 8. The van der Waals surface area contributed by atoms with Crippen LogP contribution in [0.1, 0.15) is 49.4 Å². The number of aromatic nitrogens is 2. The normalized spacial score (nSPS) is 18.5. The molecule has 1 aromatic heterocycles. The number of ether oxygens (including phenoxy) is 1. The number of hydrogen-bond donors (Lipinski definition) is 3. The molecule has 10 heteroatoms. The number of amides is 1. The molecule has 1 atom stereocenters. The SMILES string of the molecule is CCC1CN(/C=N\N)c2cnc(Nc3ccc(C(=O)NC)cc3OC)nc2N1C1CCCC1. The highest BCUT2D eigenvalue weighted by atomic mass is 16.5. The van der Waals surface area contributed by atoms with Crippen molar-refractivity contribution in [2.24, 2.45) is 10.9 Å². The highest BCUT2D eigenvalue weighted by molar-refractivity contribution is 5.95. The molecule has 4 N–H and O–H groups in total. The zero-order chi connectivity index (χ0) is 23.4. The number of carbonyl (C=O) groups is 1. The Labute approximate surface area is 194 Å². The van der Waals surface area contributed by atoms with Crippen LogP contribution in [0.3, 0.4) is 0 Å². The van der Waals surface area contributed by atoms with Gasteiger partial charge in [-0.1, -0.05) is 19.8 Å². The average molecular weight is 453 g/mol. The third-order valence-corrected chi connectivity index (χ3v) is 6.44. The highest BCUT2D eigenvalue weighted by Gasteiger charge is 2.36. The van der Waals surface area contributed by atoms with Gasteiger partial charge in [0.05, 0.1) is 19.0 Å². The van der Waals surface area contributed by atoms with Crippen molar-refractivity contribution in [3.63, 3.8) is 0 Å². The van der Waals surface area contributed by atoms with E-state index in [-0.39, 0.29) is 5.91 Å². The van der Waals surface area contributed by atoms with E-state index < -0.39 is 0 Å². The molecule has 2 heterocycles. The number of anilines is 4. The van der Waals surface area contributed by atoms with E-state index in [4.69, 9.17) is 15.6 Å². The van der Waals surface area contributed by atoms with Crippen molar-refractivity contribution in [3.8, 4) is 5.75 Å². The fourth-order valence-electron chi connectivity index (χ4n) is 4.78. The second kappa shape index (κ2) is 9.93. The van der Waals surface area contributed by atoms with Crippen LogP contribution in [0.5, 0.6) is 5.75 Å². The zero-order valence-electron chi connectivity index (χ0n) is 19.4. The van der Waals surface area contributed by atoms with E-state index in [0.717, 1.165) is 24.5 Å². The van der Waals surface area contributed by atoms with E-state index in [9.17, 15) is 4.79 Å². The van der Waals surface area contributed by atoms with Gasteiger partial charge in [0.1, 0.15) is 17.8 Å². The van der Waals surface area contributed by atoms with E-state index in [1.54, 1.807) is 38.7 Å². The topological polar surface area (TPSA) is 121 Å². The number of fused-ring (bicyclic) bond motifs is 1. The third-order valence-electron chi connectivity index (χ3n) is 6.44. The highest BCUT2D eigenvalue weighted by Crippen LogP contribution is 2.40. The summed E-state index contributed by atoms with van der Waals surface area (Å²) in [4.78, 5) is 26.0. The molecule has 1 unspecified atom stereocenters. The van der Waals surface area contributed by atoms with Crippen molar-refractivity contribution >= 4 is 35.4 Å². The summed E-state index contributed by atoms with van der Waals surface area (Å²) in [6.45, 7) is 3.00. The molecular weight excluding hydrogens is 420 g/mol. The van der Waals surface area contributed by atoms with Crippen LogP contribution in [0.4, 0.5) is 23.1 Å². The Morgan fingerprint density at radius 2 is 2.15 bits per heavy atom. The predicted molar refractivity (Wildman–Crippen MR) is 131 cm³/mol. The van der Waals surface area contributed by atoms with Gasteiger partial charge in [-0.15, -0.1) is 0 Å². The minimum Gasteiger partial charge on any atom is -0.495 e. The quantitative estimate of drug-likeness (QED) is 0.254. The van der Waals surface area contributed by atoms with Gasteiger partial charge in [0.2, 0.25) is 5.95 Å². The molecule has 0 spiro atoms. The molecular formula is C23H32N8O2. The molecule has 0 radical (unpaired) electrons. The summed E-state index contributed by atoms with van der Waals surface area (Å²) in [6.07, 6.45) is 9.27. The zero-order valence-corrected chi connectivity index (χ0v) is 19.4. The summed E-state index contributed by atoms with van der Waals surface area (Å²) in [5, 5.41) is 9.64. The molecule has 1 fully saturated rings. The van der Waals surface area contributed by atoms with Crippen LogP contribution in [0.15, 0.2) is 29.5 Å². The molecule has 0 bridgehead atoms. The molecule has 176 valence electrons. The fraction of sp³-hybridized carbons (Fsp3) is 0.478. The molecule has 1 saturated carbocycles. The van der Waals surface area contributed by atoms with Gasteiger partial charge in [0, 0.05) is 31.2 Å². The molecule has 1 aliphatic heterocycles. The number of rotatable bonds is 7. The van der Waals surface area contributed by atoms with Crippen molar-refractivity contribution in [2.45, 2.75) is 51.1 Å². The largest absolute Gasteiger partial charge is 0.495 e. The molecule has 2 aromatic rings. The predicted octanol–water partition coefficient (Wildman–Crippen LogP) is 2.84. The minimum absolute atomic E-state index is 0.177. The van der Waals surface area contributed by atoms with Crippen molar-refractivity contribution in [2.75, 3.05) is 35.8 Å². The molecule has 1 aromatic carbocycles. The Balaban J connectivity index is 1.71. The lowest BCUT2D eigenvalue weighted by Gasteiger charge is -2.44. The smallest absolute Gasteiger partial charge is 0.251 e. The monoisotopic (exact) mass is 452 g/mol. The molecule has 10 nitrogen and oxygen atoms in total. The van der Waals surface area contributed by atoms with Crippen LogP contribution in [-0.4, -0.2) is 55.0 Å². The van der Waals surface area contributed by atoms with Gasteiger partial charge in [0.15, 0.2) is 5.82 Å².